The van der Waals surface area contributed by atoms with E-state index >= 15 is 0 Å². The Morgan fingerprint density at radius 2 is 1.96 bits per heavy atom. The molecule has 2 aromatic carbocycles. The van der Waals surface area contributed by atoms with Crippen molar-refractivity contribution < 1.29 is 14.3 Å². The van der Waals surface area contributed by atoms with Gasteiger partial charge in [-0.3, -0.25) is 4.79 Å². The summed E-state index contributed by atoms with van der Waals surface area (Å²) in [7, 11) is 0. The van der Waals surface area contributed by atoms with Crippen LogP contribution in [0.2, 0.25) is 0 Å². The lowest BCUT2D eigenvalue weighted by Crippen LogP contribution is -2.35. The maximum Gasteiger partial charge on any atom is 0.226 e. The fraction of sp³-hybridized carbons (Fsp3) is 0.381. The fourth-order valence-corrected chi connectivity index (χ4v) is 3.57. The minimum absolute atomic E-state index is 0.0489. The molecule has 0 aliphatic carbocycles. The van der Waals surface area contributed by atoms with E-state index in [-0.39, 0.29) is 17.9 Å². The zero-order chi connectivity index (χ0) is 17.1. The highest BCUT2D eigenvalue weighted by Crippen LogP contribution is 2.30. The first kappa shape index (κ1) is 16.2. The number of hydrogen-bond donors (Lipinski definition) is 1. The average Bonchev–Trinajstić information content (AvgIpc) is 3.21. The molecule has 0 saturated carbocycles. The van der Waals surface area contributed by atoms with Gasteiger partial charge in [-0.1, -0.05) is 36.4 Å². The summed E-state index contributed by atoms with van der Waals surface area (Å²) < 4.78 is 11.1. The molecule has 4 nitrogen and oxygen atoms in total. The molecule has 1 saturated heterocycles. The number of benzene rings is 2. The topological polar surface area (TPSA) is 47.6 Å². The molecule has 0 bridgehead atoms. The largest absolute Gasteiger partial charge is 0.493 e. The maximum absolute atomic E-state index is 12.7. The molecule has 130 valence electrons. The van der Waals surface area contributed by atoms with Crippen LogP contribution in [0.3, 0.4) is 0 Å². The quantitative estimate of drug-likeness (QED) is 0.932. The first-order valence-electron chi connectivity index (χ1n) is 9.00. The van der Waals surface area contributed by atoms with Crippen LogP contribution in [-0.2, 0) is 16.0 Å². The van der Waals surface area contributed by atoms with Crippen LogP contribution >= 0.6 is 0 Å². The second-order valence-corrected chi connectivity index (χ2v) is 6.73. The molecular formula is C21H23NO3. The Balaban J connectivity index is 1.64. The van der Waals surface area contributed by atoms with E-state index in [2.05, 4.69) is 29.6 Å². The van der Waals surface area contributed by atoms with Gasteiger partial charge in [0, 0.05) is 6.61 Å². The minimum Gasteiger partial charge on any atom is -0.493 e. The SMILES string of the molecule is O=C(N[C@H](c1ccccc1)c1ccc2c(c1)CCCO2)[C@@H]1CCOC1. The van der Waals surface area contributed by atoms with Crippen LogP contribution < -0.4 is 10.1 Å². The molecule has 0 radical (unpaired) electrons. The fourth-order valence-electron chi connectivity index (χ4n) is 3.57. The summed E-state index contributed by atoms with van der Waals surface area (Å²) in [6, 6.07) is 16.3. The number of aryl methyl sites for hydroxylation is 1. The van der Waals surface area contributed by atoms with E-state index in [1.807, 2.05) is 24.3 Å². The number of rotatable bonds is 4. The molecular weight excluding hydrogens is 314 g/mol. The monoisotopic (exact) mass is 337 g/mol. The van der Waals surface area contributed by atoms with Crippen LogP contribution in [0.25, 0.3) is 0 Å². The lowest BCUT2D eigenvalue weighted by Gasteiger charge is -2.24. The normalized spacial score (nSPS) is 20.4. The van der Waals surface area contributed by atoms with Crippen molar-refractivity contribution in [2.24, 2.45) is 5.92 Å². The Morgan fingerprint density at radius 3 is 2.76 bits per heavy atom. The van der Waals surface area contributed by atoms with E-state index in [0.717, 1.165) is 42.7 Å². The van der Waals surface area contributed by atoms with E-state index in [9.17, 15) is 4.79 Å². The Kier molecular flexibility index (Phi) is 4.70. The predicted octanol–water partition coefficient (Wildman–Crippen LogP) is 3.25. The van der Waals surface area contributed by atoms with Crippen LogP contribution in [-0.4, -0.2) is 25.7 Å². The van der Waals surface area contributed by atoms with Crippen molar-refractivity contribution in [3.05, 3.63) is 65.2 Å². The van der Waals surface area contributed by atoms with Crippen molar-refractivity contribution in [1.82, 2.24) is 5.32 Å². The first-order chi connectivity index (χ1) is 12.3. The van der Waals surface area contributed by atoms with Crippen LogP contribution in [0.4, 0.5) is 0 Å². The summed E-state index contributed by atoms with van der Waals surface area (Å²) in [5.41, 5.74) is 3.41. The highest BCUT2D eigenvalue weighted by Gasteiger charge is 2.27. The van der Waals surface area contributed by atoms with Crippen molar-refractivity contribution in [1.29, 1.82) is 0 Å². The van der Waals surface area contributed by atoms with Crippen LogP contribution in [0, 0.1) is 5.92 Å². The molecule has 2 atom stereocenters. The van der Waals surface area contributed by atoms with E-state index < -0.39 is 0 Å². The maximum atomic E-state index is 12.7. The average molecular weight is 337 g/mol. The van der Waals surface area contributed by atoms with E-state index in [4.69, 9.17) is 9.47 Å². The molecule has 1 N–H and O–H groups in total. The second-order valence-electron chi connectivity index (χ2n) is 6.73. The Morgan fingerprint density at radius 1 is 1.08 bits per heavy atom. The van der Waals surface area contributed by atoms with Crippen molar-refractivity contribution in [3.63, 3.8) is 0 Å². The molecule has 1 fully saturated rings. The third kappa shape index (κ3) is 3.54. The van der Waals surface area contributed by atoms with Gasteiger partial charge in [0.1, 0.15) is 5.75 Å². The number of nitrogens with one attached hydrogen (secondary N) is 1. The van der Waals surface area contributed by atoms with Crippen molar-refractivity contribution >= 4 is 5.91 Å². The first-order valence-corrected chi connectivity index (χ1v) is 9.00. The summed E-state index contributed by atoms with van der Waals surface area (Å²) in [6.07, 6.45) is 2.86. The van der Waals surface area contributed by atoms with Gasteiger partial charge in [-0.15, -0.1) is 0 Å². The van der Waals surface area contributed by atoms with Gasteiger partial charge in [-0.05, 0) is 48.1 Å². The third-order valence-corrected chi connectivity index (χ3v) is 4.99. The van der Waals surface area contributed by atoms with Crippen LogP contribution in [0.5, 0.6) is 5.75 Å². The molecule has 0 spiro atoms. The third-order valence-electron chi connectivity index (χ3n) is 4.99. The van der Waals surface area contributed by atoms with Crippen LogP contribution in [0.15, 0.2) is 48.5 Å². The van der Waals surface area contributed by atoms with Crippen molar-refractivity contribution in [2.75, 3.05) is 19.8 Å². The minimum atomic E-state index is -0.151. The van der Waals surface area contributed by atoms with Gasteiger partial charge in [0.2, 0.25) is 5.91 Å². The highest BCUT2D eigenvalue weighted by molar-refractivity contribution is 5.80. The number of fused-ring (bicyclic) bond motifs is 1. The number of carbonyl (C=O) groups is 1. The van der Waals surface area contributed by atoms with Gasteiger partial charge in [0.05, 0.1) is 25.2 Å². The highest BCUT2D eigenvalue weighted by atomic mass is 16.5. The Bertz CT molecular complexity index is 738. The second kappa shape index (κ2) is 7.28. The van der Waals surface area contributed by atoms with Gasteiger partial charge in [0.25, 0.3) is 0 Å². The molecule has 2 aliphatic heterocycles. The summed E-state index contributed by atoms with van der Waals surface area (Å²) >= 11 is 0. The van der Waals surface area contributed by atoms with Gasteiger partial charge >= 0.3 is 0 Å². The molecule has 0 unspecified atom stereocenters. The number of hydrogen-bond acceptors (Lipinski definition) is 3. The lowest BCUT2D eigenvalue weighted by molar-refractivity contribution is -0.125. The number of amides is 1. The van der Waals surface area contributed by atoms with E-state index in [1.165, 1.54) is 5.56 Å². The lowest BCUT2D eigenvalue weighted by atomic mass is 9.94. The van der Waals surface area contributed by atoms with E-state index in [1.54, 1.807) is 0 Å². The zero-order valence-electron chi connectivity index (χ0n) is 14.2. The van der Waals surface area contributed by atoms with Crippen LogP contribution in [0.1, 0.15) is 35.6 Å². The molecule has 1 amide bonds. The summed E-state index contributed by atoms with van der Waals surface area (Å²) in [5.74, 6) is 0.991. The predicted molar refractivity (Wildman–Crippen MR) is 95.6 cm³/mol. The van der Waals surface area contributed by atoms with Gasteiger partial charge in [-0.2, -0.15) is 0 Å². The molecule has 2 aliphatic rings. The zero-order valence-corrected chi connectivity index (χ0v) is 14.2. The summed E-state index contributed by atoms with van der Waals surface area (Å²) in [6.45, 7) is 1.97. The Hall–Kier alpha value is -2.33. The van der Waals surface area contributed by atoms with Gasteiger partial charge < -0.3 is 14.8 Å². The molecule has 4 heteroatoms. The van der Waals surface area contributed by atoms with E-state index in [0.29, 0.717) is 13.2 Å². The molecule has 25 heavy (non-hydrogen) atoms. The molecule has 2 aromatic rings. The molecule has 4 rings (SSSR count). The standard InChI is InChI=1S/C21H23NO3/c23-21(18-10-12-24-14-18)22-20(15-5-2-1-3-6-15)17-8-9-19-16(13-17)7-4-11-25-19/h1-3,5-6,8-9,13,18,20H,4,7,10-12,14H2,(H,22,23)/t18-,20-/m1/s1. The van der Waals surface area contributed by atoms with Gasteiger partial charge in [0.15, 0.2) is 0 Å². The van der Waals surface area contributed by atoms with Crippen molar-refractivity contribution in [2.45, 2.75) is 25.3 Å². The molecule has 2 heterocycles. The molecule has 0 aromatic heterocycles. The van der Waals surface area contributed by atoms with Gasteiger partial charge in [-0.25, -0.2) is 0 Å². The van der Waals surface area contributed by atoms with Crippen molar-refractivity contribution in [3.8, 4) is 5.75 Å². The number of ether oxygens (including phenoxy) is 2. The number of carbonyl (C=O) groups excluding carboxylic acids is 1. The smallest absolute Gasteiger partial charge is 0.226 e. The Labute approximate surface area is 148 Å². The summed E-state index contributed by atoms with van der Waals surface area (Å²) in [5, 5.41) is 3.24. The summed E-state index contributed by atoms with van der Waals surface area (Å²) in [4.78, 5) is 12.7.